The molecule has 0 aromatic carbocycles. The highest BCUT2D eigenvalue weighted by molar-refractivity contribution is 5.87. The molecular weight excluding hydrogens is 246 g/mol. The van der Waals surface area contributed by atoms with Crippen molar-refractivity contribution in [2.75, 3.05) is 17.2 Å². The molecule has 19 heavy (non-hydrogen) atoms. The molecule has 0 fully saturated rings. The second kappa shape index (κ2) is 3.64. The van der Waals surface area contributed by atoms with Gasteiger partial charge < -0.3 is 15.2 Å². The fraction of sp³-hybridized carbons (Fsp3) is 0.300. The standard InChI is InChI=1S/C10H11N9/c11-10-14-8-6(3-12-17-8)9(15-10)18-1-2-19-5-13-16-7(19)4-18/h3,5H,1-2,4H2,(H3,11,12,14,15,17). The maximum atomic E-state index is 5.74. The Kier molecular flexibility index (Phi) is 1.96. The fourth-order valence-electron chi connectivity index (χ4n) is 2.32. The molecule has 0 saturated carbocycles. The Morgan fingerprint density at radius 3 is 3.16 bits per heavy atom. The number of nitrogens with two attached hydrogens (primary N) is 1. The van der Waals surface area contributed by atoms with Gasteiger partial charge in [0.05, 0.1) is 18.1 Å². The van der Waals surface area contributed by atoms with E-state index in [1.807, 2.05) is 4.57 Å². The molecule has 0 saturated heterocycles. The molecule has 3 aromatic rings. The van der Waals surface area contributed by atoms with Crippen molar-refractivity contribution in [2.24, 2.45) is 0 Å². The number of nitrogens with one attached hydrogen (secondary N) is 1. The second-order valence-corrected chi connectivity index (χ2v) is 4.40. The predicted molar refractivity (Wildman–Crippen MR) is 67.2 cm³/mol. The molecule has 0 radical (unpaired) electrons. The minimum Gasteiger partial charge on any atom is -0.368 e. The molecule has 1 aliphatic heterocycles. The Bertz CT molecular complexity index is 742. The molecule has 0 unspecified atom stereocenters. The first-order chi connectivity index (χ1) is 9.31. The molecule has 4 heterocycles. The van der Waals surface area contributed by atoms with Crippen molar-refractivity contribution in [1.82, 2.24) is 34.9 Å². The monoisotopic (exact) mass is 257 g/mol. The van der Waals surface area contributed by atoms with Gasteiger partial charge in [0, 0.05) is 13.1 Å². The highest BCUT2D eigenvalue weighted by atomic mass is 15.3. The van der Waals surface area contributed by atoms with Crippen LogP contribution < -0.4 is 10.6 Å². The van der Waals surface area contributed by atoms with Crippen molar-refractivity contribution in [3.8, 4) is 0 Å². The van der Waals surface area contributed by atoms with E-state index in [9.17, 15) is 0 Å². The summed E-state index contributed by atoms with van der Waals surface area (Å²) in [5.41, 5.74) is 6.38. The molecule has 4 rings (SSSR count). The van der Waals surface area contributed by atoms with Crippen molar-refractivity contribution >= 4 is 22.8 Å². The van der Waals surface area contributed by atoms with Gasteiger partial charge in [0.2, 0.25) is 5.95 Å². The largest absolute Gasteiger partial charge is 0.368 e. The lowest BCUT2D eigenvalue weighted by atomic mass is 10.3. The molecule has 3 N–H and O–H groups in total. The van der Waals surface area contributed by atoms with Crippen LogP contribution in [-0.2, 0) is 13.1 Å². The zero-order valence-corrected chi connectivity index (χ0v) is 9.98. The molecule has 0 amide bonds. The Morgan fingerprint density at radius 2 is 2.21 bits per heavy atom. The predicted octanol–water partition coefficient (Wildman–Crippen LogP) is -0.453. The van der Waals surface area contributed by atoms with Crippen LogP contribution in [-0.4, -0.2) is 41.5 Å². The summed E-state index contributed by atoms with van der Waals surface area (Å²) >= 11 is 0. The molecule has 1 aliphatic rings. The van der Waals surface area contributed by atoms with E-state index in [0.29, 0.717) is 12.2 Å². The first kappa shape index (κ1) is 10.2. The summed E-state index contributed by atoms with van der Waals surface area (Å²) in [5, 5.41) is 15.7. The van der Waals surface area contributed by atoms with Crippen molar-refractivity contribution in [1.29, 1.82) is 0 Å². The Balaban J connectivity index is 1.81. The van der Waals surface area contributed by atoms with Gasteiger partial charge in [-0.25, -0.2) is 0 Å². The van der Waals surface area contributed by atoms with E-state index in [2.05, 4.69) is 35.3 Å². The number of aromatic amines is 1. The van der Waals surface area contributed by atoms with Crippen LogP contribution in [0.25, 0.3) is 11.0 Å². The normalized spacial score (nSPS) is 14.8. The quantitative estimate of drug-likeness (QED) is 0.606. The third kappa shape index (κ3) is 1.51. The van der Waals surface area contributed by atoms with Crippen LogP contribution in [0.5, 0.6) is 0 Å². The number of nitrogen functional groups attached to an aromatic ring is 1. The van der Waals surface area contributed by atoms with Crippen LogP contribution in [0.1, 0.15) is 5.82 Å². The summed E-state index contributed by atoms with van der Waals surface area (Å²) in [6.45, 7) is 2.30. The minimum absolute atomic E-state index is 0.235. The topological polar surface area (TPSA) is 114 Å². The van der Waals surface area contributed by atoms with Crippen molar-refractivity contribution in [2.45, 2.75) is 13.1 Å². The molecule has 96 valence electrons. The number of anilines is 2. The number of fused-ring (bicyclic) bond motifs is 2. The average molecular weight is 257 g/mol. The number of nitrogens with zero attached hydrogens (tertiary/aromatic N) is 7. The zero-order chi connectivity index (χ0) is 12.8. The first-order valence-electron chi connectivity index (χ1n) is 5.89. The van der Waals surface area contributed by atoms with E-state index >= 15 is 0 Å². The van der Waals surface area contributed by atoms with E-state index < -0.39 is 0 Å². The van der Waals surface area contributed by atoms with E-state index in [4.69, 9.17) is 5.73 Å². The summed E-state index contributed by atoms with van der Waals surface area (Å²) in [7, 11) is 0. The highest BCUT2D eigenvalue weighted by Crippen LogP contribution is 2.25. The van der Waals surface area contributed by atoms with Gasteiger partial charge in [-0.15, -0.1) is 10.2 Å². The van der Waals surface area contributed by atoms with Crippen LogP contribution in [0.4, 0.5) is 11.8 Å². The Morgan fingerprint density at radius 1 is 1.26 bits per heavy atom. The minimum atomic E-state index is 0.235. The summed E-state index contributed by atoms with van der Waals surface area (Å²) in [4.78, 5) is 10.6. The van der Waals surface area contributed by atoms with Crippen LogP contribution >= 0.6 is 0 Å². The Labute approximate surface area is 107 Å². The molecule has 0 aliphatic carbocycles. The lowest BCUT2D eigenvalue weighted by Crippen LogP contribution is -2.34. The maximum Gasteiger partial charge on any atom is 0.224 e. The average Bonchev–Trinajstić information content (AvgIpc) is 3.04. The van der Waals surface area contributed by atoms with Gasteiger partial charge in [-0.3, -0.25) is 5.10 Å². The Hall–Kier alpha value is -2.71. The van der Waals surface area contributed by atoms with Crippen molar-refractivity contribution in [3.05, 3.63) is 18.3 Å². The third-order valence-corrected chi connectivity index (χ3v) is 3.25. The van der Waals surface area contributed by atoms with E-state index in [1.165, 1.54) is 0 Å². The van der Waals surface area contributed by atoms with Gasteiger partial charge in [0.1, 0.15) is 12.1 Å². The third-order valence-electron chi connectivity index (χ3n) is 3.25. The fourth-order valence-corrected chi connectivity index (χ4v) is 2.32. The lowest BCUT2D eigenvalue weighted by molar-refractivity contribution is 0.557. The van der Waals surface area contributed by atoms with Crippen LogP contribution in [0.15, 0.2) is 12.5 Å². The summed E-state index contributed by atoms with van der Waals surface area (Å²) < 4.78 is 2.04. The molecule has 9 heteroatoms. The molecule has 3 aromatic heterocycles. The second-order valence-electron chi connectivity index (χ2n) is 4.40. The van der Waals surface area contributed by atoms with Gasteiger partial charge in [-0.05, 0) is 0 Å². The zero-order valence-electron chi connectivity index (χ0n) is 9.98. The molecule has 0 spiro atoms. The first-order valence-corrected chi connectivity index (χ1v) is 5.89. The molecule has 9 nitrogen and oxygen atoms in total. The number of hydrogen-bond acceptors (Lipinski definition) is 7. The smallest absolute Gasteiger partial charge is 0.224 e. The molecule has 0 atom stereocenters. The van der Waals surface area contributed by atoms with E-state index in [1.54, 1.807) is 12.5 Å². The van der Waals surface area contributed by atoms with Crippen LogP contribution in [0.3, 0.4) is 0 Å². The van der Waals surface area contributed by atoms with Crippen LogP contribution in [0, 0.1) is 0 Å². The highest BCUT2D eigenvalue weighted by Gasteiger charge is 2.21. The van der Waals surface area contributed by atoms with Gasteiger partial charge in [-0.2, -0.15) is 15.1 Å². The van der Waals surface area contributed by atoms with E-state index in [0.717, 1.165) is 30.1 Å². The van der Waals surface area contributed by atoms with Crippen molar-refractivity contribution < 1.29 is 0 Å². The number of hydrogen-bond donors (Lipinski definition) is 2. The number of aromatic nitrogens is 7. The van der Waals surface area contributed by atoms with E-state index in [-0.39, 0.29) is 5.95 Å². The SMILES string of the molecule is Nc1nc(N2CCn3cnnc3C2)c2cn[nH]c2n1. The molecule has 0 bridgehead atoms. The van der Waals surface area contributed by atoms with Crippen LogP contribution in [0.2, 0.25) is 0 Å². The summed E-state index contributed by atoms with van der Waals surface area (Å²) in [5.74, 6) is 1.93. The molecular formula is C10H11N9. The lowest BCUT2D eigenvalue weighted by Gasteiger charge is -2.28. The number of rotatable bonds is 1. The maximum absolute atomic E-state index is 5.74. The summed E-state index contributed by atoms with van der Waals surface area (Å²) in [6, 6.07) is 0. The van der Waals surface area contributed by atoms with Crippen molar-refractivity contribution in [3.63, 3.8) is 0 Å². The van der Waals surface area contributed by atoms with Gasteiger partial charge in [0.15, 0.2) is 11.5 Å². The van der Waals surface area contributed by atoms with Gasteiger partial charge in [-0.1, -0.05) is 0 Å². The van der Waals surface area contributed by atoms with Gasteiger partial charge >= 0.3 is 0 Å². The summed E-state index contributed by atoms with van der Waals surface area (Å²) in [6.07, 6.45) is 3.46. The van der Waals surface area contributed by atoms with Gasteiger partial charge in [0.25, 0.3) is 0 Å². The number of H-pyrrole nitrogens is 1.